The van der Waals surface area contributed by atoms with E-state index in [9.17, 15) is 8.78 Å². The van der Waals surface area contributed by atoms with Gasteiger partial charge in [-0.15, -0.1) is 5.10 Å². The smallest absolute Gasteiger partial charge is 0.249 e. The molecule has 1 aromatic heterocycles. The number of hydrogen-bond acceptors (Lipinski definition) is 5. The Morgan fingerprint density at radius 1 is 1.04 bits per heavy atom. The van der Waals surface area contributed by atoms with Crippen LogP contribution in [0.15, 0.2) is 48.7 Å². The van der Waals surface area contributed by atoms with Gasteiger partial charge in [-0.2, -0.15) is 10.1 Å². The summed E-state index contributed by atoms with van der Waals surface area (Å²) in [6.45, 7) is 0.461. The van der Waals surface area contributed by atoms with Crippen LogP contribution in [0.1, 0.15) is 5.56 Å². The summed E-state index contributed by atoms with van der Waals surface area (Å²) in [6.07, 6.45) is 1.45. The molecule has 0 aliphatic carbocycles. The summed E-state index contributed by atoms with van der Waals surface area (Å²) in [5, 5.41) is 14.1. The predicted octanol–water partition coefficient (Wildman–Crippen LogP) is 4.16. The third kappa shape index (κ3) is 3.94. The van der Waals surface area contributed by atoms with E-state index in [1.54, 1.807) is 6.07 Å². The van der Waals surface area contributed by atoms with Crippen LogP contribution < -0.4 is 10.6 Å². The molecule has 5 nitrogen and oxygen atoms in total. The van der Waals surface area contributed by atoms with Crippen molar-refractivity contribution >= 4 is 29.1 Å². The molecule has 0 unspecified atom stereocenters. The number of nitrogens with zero attached hydrogens (tertiary/aromatic N) is 3. The number of anilines is 3. The van der Waals surface area contributed by atoms with Gasteiger partial charge in [0.15, 0.2) is 17.5 Å². The summed E-state index contributed by atoms with van der Waals surface area (Å²) in [6, 6.07) is 10.8. The molecule has 0 fully saturated rings. The molecule has 2 aromatic carbocycles. The number of hydrogen-bond donors (Lipinski definition) is 2. The predicted molar refractivity (Wildman–Crippen MR) is 88.2 cm³/mol. The number of aromatic nitrogens is 3. The van der Waals surface area contributed by atoms with E-state index in [1.807, 2.05) is 18.2 Å². The third-order valence-corrected chi connectivity index (χ3v) is 3.52. The van der Waals surface area contributed by atoms with Crippen molar-refractivity contribution in [2.24, 2.45) is 0 Å². The molecular weight excluding hydrogens is 336 g/mol. The molecule has 0 saturated carbocycles. The van der Waals surface area contributed by atoms with Crippen LogP contribution in [0.5, 0.6) is 0 Å². The molecule has 0 atom stereocenters. The standard InChI is InChI=1S/C16H12ClF2N5/c17-12-4-2-1-3-10(12)8-20-15-9-21-24-16(23-15)22-11-5-6-13(18)14(19)7-11/h1-7,9H,8H2,(H2,20,22,23,24). The van der Waals surface area contributed by atoms with Gasteiger partial charge in [-0.25, -0.2) is 8.78 Å². The second-order valence-corrected chi connectivity index (χ2v) is 5.27. The maximum absolute atomic E-state index is 13.2. The van der Waals surface area contributed by atoms with Crippen molar-refractivity contribution < 1.29 is 8.78 Å². The molecule has 0 radical (unpaired) electrons. The van der Waals surface area contributed by atoms with Crippen LogP contribution in [-0.4, -0.2) is 15.2 Å². The fourth-order valence-corrected chi connectivity index (χ4v) is 2.17. The van der Waals surface area contributed by atoms with Gasteiger partial charge in [-0.3, -0.25) is 0 Å². The van der Waals surface area contributed by atoms with Crippen LogP contribution in [-0.2, 0) is 6.54 Å². The molecule has 0 saturated heterocycles. The summed E-state index contributed by atoms with van der Waals surface area (Å²) in [4.78, 5) is 4.21. The second-order valence-electron chi connectivity index (χ2n) is 4.86. The Balaban J connectivity index is 1.69. The van der Waals surface area contributed by atoms with E-state index < -0.39 is 11.6 Å². The van der Waals surface area contributed by atoms with Gasteiger partial charge in [0.1, 0.15) is 0 Å². The Bertz CT molecular complexity index is 859. The van der Waals surface area contributed by atoms with E-state index in [0.29, 0.717) is 23.1 Å². The molecule has 122 valence electrons. The Labute approximate surface area is 141 Å². The van der Waals surface area contributed by atoms with Crippen LogP contribution in [0, 0.1) is 11.6 Å². The lowest BCUT2D eigenvalue weighted by atomic mass is 10.2. The first-order valence-electron chi connectivity index (χ1n) is 7.01. The zero-order valence-electron chi connectivity index (χ0n) is 12.3. The molecular formula is C16H12ClF2N5. The van der Waals surface area contributed by atoms with Crippen molar-refractivity contribution in [3.63, 3.8) is 0 Å². The van der Waals surface area contributed by atoms with Crippen molar-refractivity contribution in [1.82, 2.24) is 15.2 Å². The number of rotatable bonds is 5. The Morgan fingerprint density at radius 2 is 1.88 bits per heavy atom. The highest BCUT2D eigenvalue weighted by Gasteiger charge is 2.06. The Hall–Kier alpha value is -2.80. The van der Waals surface area contributed by atoms with E-state index in [2.05, 4.69) is 25.8 Å². The highest BCUT2D eigenvalue weighted by atomic mass is 35.5. The van der Waals surface area contributed by atoms with Gasteiger partial charge in [0, 0.05) is 23.3 Å². The van der Waals surface area contributed by atoms with Gasteiger partial charge in [-0.05, 0) is 23.8 Å². The Kier molecular flexibility index (Phi) is 4.81. The molecule has 3 rings (SSSR count). The average Bonchev–Trinajstić information content (AvgIpc) is 2.58. The Morgan fingerprint density at radius 3 is 2.67 bits per heavy atom. The van der Waals surface area contributed by atoms with Crippen LogP contribution in [0.4, 0.5) is 26.2 Å². The van der Waals surface area contributed by atoms with Crippen LogP contribution in [0.3, 0.4) is 0 Å². The second kappa shape index (κ2) is 7.18. The molecule has 0 bridgehead atoms. The van der Waals surface area contributed by atoms with Gasteiger partial charge in [0.05, 0.1) is 6.20 Å². The first kappa shape index (κ1) is 16.1. The van der Waals surface area contributed by atoms with E-state index in [-0.39, 0.29) is 5.95 Å². The largest absolute Gasteiger partial charge is 0.364 e. The molecule has 3 aromatic rings. The van der Waals surface area contributed by atoms with E-state index >= 15 is 0 Å². The summed E-state index contributed by atoms with van der Waals surface area (Å²) >= 11 is 6.09. The van der Waals surface area contributed by atoms with E-state index in [4.69, 9.17) is 11.6 Å². The lowest BCUT2D eigenvalue weighted by Gasteiger charge is -2.09. The molecule has 0 amide bonds. The summed E-state index contributed by atoms with van der Waals surface area (Å²) in [7, 11) is 0. The van der Waals surface area contributed by atoms with Crippen LogP contribution in [0.2, 0.25) is 5.02 Å². The molecule has 1 heterocycles. The highest BCUT2D eigenvalue weighted by Crippen LogP contribution is 2.18. The molecule has 2 N–H and O–H groups in total. The normalized spacial score (nSPS) is 10.5. The highest BCUT2D eigenvalue weighted by molar-refractivity contribution is 6.31. The zero-order valence-corrected chi connectivity index (χ0v) is 13.1. The molecule has 0 spiro atoms. The summed E-state index contributed by atoms with van der Waals surface area (Å²) in [5.74, 6) is -1.25. The minimum atomic E-state index is -0.957. The average molecular weight is 348 g/mol. The third-order valence-electron chi connectivity index (χ3n) is 3.15. The van der Waals surface area contributed by atoms with Gasteiger partial charge < -0.3 is 10.6 Å². The quantitative estimate of drug-likeness (QED) is 0.725. The summed E-state index contributed by atoms with van der Waals surface area (Å²) < 4.78 is 26.1. The fraction of sp³-hybridized carbons (Fsp3) is 0.0625. The fourth-order valence-electron chi connectivity index (χ4n) is 1.97. The number of halogens is 3. The SMILES string of the molecule is Fc1ccc(Nc2nncc(NCc3ccccc3Cl)n2)cc1F. The molecule has 0 aliphatic heterocycles. The van der Waals surface area contributed by atoms with Crippen molar-refractivity contribution in [3.8, 4) is 0 Å². The lowest BCUT2D eigenvalue weighted by molar-refractivity contribution is 0.509. The van der Waals surface area contributed by atoms with E-state index in [1.165, 1.54) is 12.3 Å². The number of benzene rings is 2. The van der Waals surface area contributed by atoms with Crippen molar-refractivity contribution in [2.75, 3.05) is 10.6 Å². The summed E-state index contributed by atoms with van der Waals surface area (Å²) in [5.41, 5.74) is 1.23. The van der Waals surface area contributed by atoms with Crippen LogP contribution >= 0.6 is 11.6 Å². The van der Waals surface area contributed by atoms with Crippen LogP contribution in [0.25, 0.3) is 0 Å². The maximum atomic E-state index is 13.2. The number of nitrogens with one attached hydrogen (secondary N) is 2. The zero-order chi connectivity index (χ0) is 16.9. The maximum Gasteiger partial charge on any atom is 0.249 e. The van der Waals surface area contributed by atoms with Crippen molar-refractivity contribution in [3.05, 3.63) is 70.9 Å². The van der Waals surface area contributed by atoms with Gasteiger partial charge in [-0.1, -0.05) is 29.8 Å². The minimum Gasteiger partial charge on any atom is -0.364 e. The topological polar surface area (TPSA) is 62.7 Å². The molecule has 24 heavy (non-hydrogen) atoms. The van der Waals surface area contributed by atoms with Crippen molar-refractivity contribution in [2.45, 2.75) is 6.54 Å². The molecule has 0 aliphatic rings. The minimum absolute atomic E-state index is 0.158. The van der Waals surface area contributed by atoms with Gasteiger partial charge in [0.25, 0.3) is 0 Å². The van der Waals surface area contributed by atoms with E-state index in [0.717, 1.165) is 17.7 Å². The molecule has 8 heteroatoms. The van der Waals surface area contributed by atoms with Gasteiger partial charge >= 0.3 is 0 Å². The monoisotopic (exact) mass is 347 g/mol. The lowest BCUT2D eigenvalue weighted by Crippen LogP contribution is -2.06. The van der Waals surface area contributed by atoms with Crippen molar-refractivity contribution in [1.29, 1.82) is 0 Å². The van der Waals surface area contributed by atoms with Gasteiger partial charge in [0.2, 0.25) is 5.95 Å². The first-order chi connectivity index (χ1) is 11.6. The first-order valence-corrected chi connectivity index (χ1v) is 7.39.